The predicted molar refractivity (Wildman–Crippen MR) is 37.0 cm³/mol. The summed E-state index contributed by atoms with van der Waals surface area (Å²) in [5.74, 6) is 0. The van der Waals surface area contributed by atoms with E-state index in [1.54, 1.807) is 0 Å². The molecule has 0 heterocycles. The van der Waals surface area contributed by atoms with Gasteiger partial charge in [0.2, 0.25) is 0 Å². The van der Waals surface area contributed by atoms with Gasteiger partial charge < -0.3 is 0 Å². The zero-order valence-corrected chi connectivity index (χ0v) is 7.55. The Balaban J connectivity index is 4.16. The van der Waals surface area contributed by atoms with Crippen LogP contribution in [0.1, 0.15) is 0 Å². The van der Waals surface area contributed by atoms with Gasteiger partial charge in [-0.3, -0.25) is 0 Å². The minimum atomic E-state index is -0.912. The number of hydrogen-bond donors (Lipinski definition) is 0. The van der Waals surface area contributed by atoms with Gasteiger partial charge in [0.15, 0.2) is 0 Å². The molecule has 0 atom stereocenters. The molecule has 0 aliphatic heterocycles. The van der Waals surface area contributed by atoms with Crippen LogP contribution in [0, 0.1) is 0 Å². The molecule has 1 radical (unpaired) electrons. The molecule has 0 aromatic carbocycles. The first-order valence-electron chi connectivity index (χ1n) is 1.82. The Morgan fingerprint density at radius 1 is 1.00 bits per heavy atom. The second-order valence-electron chi connectivity index (χ2n) is 3.18. The van der Waals surface area contributed by atoms with E-state index in [9.17, 15) is 0 Å². The van der Waals surface area contributed by atoms with Crippen LogP contribution < -0.4 is 0 Å². The van der Waals surface area contributed by atoms with Crippen molar-refractivity contribution in [1.82, 2.24) is 0 Å². The summed E-state index contributed by atoms with van der Waals surface area (Å²) in [5.41, 5.74) is 0. The molecule has 0 N–H and O–H groups in total. The van der Waals surface area contributed by atoms with Crippen molar-refractivity contribution < 1.29 is 0 Å². The maximum atomic E-state index is 2.74. The zero-order valence-electron chi connectivity index (χ0n) is 4.86. The quantitative estimate of drug-likeness (QED) is 0.471. The average molecular weight is 167 g/mol. The van der Waals surface area contributed by atoms with E-state index in [4.69, 9.17) is 0 Å². The third-order valence-electron chi connectivity index (χ3n) is 0. The van der Waals surface area contributed by atoms with Crippen LogP contribution in [0.25, 0.3) is 0 Å². The van der Waals surface area contributed by atoms with E-state index in [1.165, 1.54) is 0 Å². The van der Waals surface area contributed by atoms with Crippen molar-refractivity contribution in [2.45, 2.75) is 0 Å². The topological polar surface area (TPSA) is 0 Å². The molecule has 0 nitrogen and oxygen atoms in total. The summed E-state index contributed by atoms with van der Waals surface area (Å²) in [7, 11) is 0. The van der Waals surface area contributed by atoms with Crippen molar-refractivity contribution in [2.75, 3.05) is 25.0 Å². The van der Waals surface area contributed by atoms with Gasteiger partial charge >= 0.3 is 47.1 Å². The Hall–Kier alpha value is 0.908. The van der Waals surface area contributed by atoms with Crippen molar-refractivity contribution in [3.63, 3.8) is 0 Å². The Bertz CT molecular complexity index is 85.2. The fourth-order valence-corrected chi connectivity index (χ4v) is 0. The summed E-state index contributed by atoms with van der Waals surface area (Å²) in [6, 6.07) is 0. The molecule has 0 amide bonds. The van der Waals surface area contributed by atoms with E-state index in [2.05, 4.69) is 40.2 Å². The molecule has 0 saturated heterocycles. The van der Waals surface area contributed by atoms with Crippen LogP contribution in [0.2, 0.25) is 0 Å². The van der Waals surface area contributed by atoms with Crippen LogP contribution in [0.15, 0.2) is 0 Å². The molecule has 39 valence electrons. The summed E-state index contributed by atoms with van der Waals surface area (Å²) in [5, 5.41) is 0. The van der Waals surface area contributed by atoms with Crippen molar-refractivity contribution in [2.24, 2.45) is 0 Å². The fourth-order valence-electron chi connectivity index (χ4n) is 0. The van der Waals surface area contributed by atoms with Crippen LogP contribution in [-0.4, -0.2) is 40.2 Å². The molecule has 0 fully saturated rings. The summed E-state index contributed by atoms with van der Waals surface area (Å²) >= 11 is 2.74. The molecule has 0 aliphatic rings. The van der Waals surface area contributed by atoms with E-state index in [1.807, 2.05) is 0 Å². The minimum absolute atomic E-state index is 0.912. The summed E-state index contributed by atoms with van der Waals surface area (Å²) in [6.07, 6.45) is 9.16. The molecule has 2 heteroatoms. The number of hydrogen-bond acceptors (Lipinski definition) is 0. The van der Waals surface area contributed by atoms with E-state index < -0.39 is 6.92 Å². The first-order valence-corrected chi connectivity index (χ1v) is 7.75. The summed E-state index contributed by atoms with van der Waals surface area (Å²) in [4.78, 5) is 0. The normalized spacial score (nSPS) is 19.0. The van der Waals surface area contributed by atoms with Gasteiger partial charge in [0.25, 0.3) is 0 Å². The SMILES string of the molecule is CS(C)(C)(C)=[As]. The van der Waals surface area contributed by atoms with Crippen molar-refractivity contribution >= 4 is 22.1 Å². The first kappa shape index (κ1) is 6.91. The summed E-state index contributed by atoms with van der Waals surface area (Å²) < 4.78 is 0. The molecular formula is C4H12AsS. The van der Waals surface area contributed by atoms with Gasteiger partial charge in [0.1, 0.15) is 0 Å². The van der Waals surface area contributed by atoms with Gasteiger partial charge in [-0.15, -0.1) is 0 Å². The van der Waals surface area contributed by atoms with Gasteiger partial charge in [-0.05, 0) is 0 Å². The molecule has 0 unspecified atom stereocenters. The van der Waals surface area contributed by atoms with Gasteiger partial charge in [-0.2, -0.15) is 0 Å². The molecule has 0 spiro atoms. The molecule has 0 aliphatic carbocycles. The molecule has 0 bridgehead atoms. The zero-order chi connectivity index (χ0) is 5.45. The third kappa shape index (κ3) is 90.9. The van der Waals surface area contributed by atoms with E-state index in [0.29, 0.717) is 0 Å². The third-order valence-corrected chi connectivity index (χ3v) is 0. The second-order valence-corrected chi connectivity index (χ2v) is 18.7. The molecular weight excluding hydrogens is 155 g/mol. The van der Waals surface area contributed by atoms with Gasteiger partial charge in [0, 0.05) is 0 Å². The average Bonchev–Trinajstić information content (AvgIpc) is 0.650. The van der Waals surface area contributed by atoms with E-state index in [0.717, 1.165) is 0 Å². The van der Waals surface area contributed by atoms with Crippen molar-refractivity contribution in [3.8, 4) is 0 Å². The van der Waals surface area contributed by atoms with Crippen LogP contribution >= 0.6 is 6.92 Å². The van der Waals surface area contributed by atoms with Crippen LogP contribution in [-0.2, 0) is 0 Å². The Morgan fingerprint density at radius 3 is 1.00 bits per heavy atom. The Morgan fingerprint density at radius 2 is 1.00 bits per heavy atom. The second kappa shape index (κ2) is 1.20. The molecule has 0 rings (SSSR count). The van der Waals surface area contributed by atoms with Gasteiger partial charge in [0.05, 0.1) is 0 Å². The van der Waals surface area contributed by atoms with E-state index in [-0.39, 0.29) is 0 Å². The molecule has 6 heavy (non-hydrogen) atoms. The van der Waals surface area contributed by atoms with Crippen LogP contribution in [0.3, 0.4) is 0 Å². The predicted octanol–water partition coefficient (Wildman–Crippen LogP) is 0.929. The molecule has 0 aromatic heterocycles. The summed E-state index contributed by atoms with van der Waals surface area (Å²) in [6.45, 7) is -0.912. The van der Waals surface area contributed by atoms with Crippen LogP contribution in [0.4, 0.5) is 0 Å². The standard InChI is InChI=1S/C4H12AsS/c1-6(2,3,4)5/h1-4H3. The van der Waals surface area contributed by atoms with Gasteiger partial charge in [-0.25, -0.2) is 0 Å². The Kier molecular flexibility index (Phi) is 1.38. The number of rotatable bonds is 0. The van der Waals surface area contributed by atoms with Crippen molar-refractivity contribution in [1.29, 1.82) is 0 Å². The molecule has 0 aromatic rings. The van der Waals surface area contributed by atoms with Crippen LogP contribution in [0.5, 0.6) is 0 Å². The maximum absolute atomic E-state index is 2.74. The van der Waals surface area contributed by atoms with Crippen molar-refractivity contribution in [3.05, 3.63) is 0 Å². The van der Waals surface area contributed by atoms with E-state index >= 15 is 0 Å². The Labute approximate surface area is 47.5 Å². The molecule has 0 saturated carbocycles. The first-order chi connectivity index (χ1) is 2.24. The monoisotopic (exact) mass is 167 g/mol. The fraction of sp³-hybridized carbons (Fsp3) is 1.00. The van der Waals surface area contributed by atoms with Gasteiger partial charge in [-0.1, -0.05) is 0 Å².